The zero-order valence-electron chi connectivity index (χ0n) is 16.0. The number of hydrogen-bond donors (Lipinski definition) is 0. The molecule has 0 aliphatic heterocycles. The van der Waals surface area contributed by atoms with Crippen molar-refractivity contribution in [2.45, 2.75) is 68.9 Å². The van der Waals surface area contributed by atoms with Crippen molar-refractivity contribution >= 4 is 20.6 Å². The van der Waals surface area contributed by atoms with Crippen LogP contribution in [0.4, 0.5) is 0 Å². The summed E-state index contributed by atoms with van der Waals surface area (Å²) in [7, 11) is -3.92. The summed E-state index contributed by atoms with van der Waals surface area (Å²) >= 11 is 0. The van der Waals surface area contributed by atoms with Crippen LogP contribution < -0.4 is 0 Å². The van der Waals surface area contributed by atoms with Gasteiger partial charge in [-0.2, -0.15) is 0 Å². The molecule has 0 saturated heterocycles. The van der Waals surface area contributed by atoms with Crippen molar-refractivity contribution in [2.75, 3.05) is 12.0 Å². The summed E-state index contributed by atoms with van der Waals surface area (Å²) in [6, 6.07) is 8.08. The molecule has 0 radical (unpaired) electrons. The van der Waals surface area contributed by atoms with Gasteiger partial charge in [-0.05, 0) is 76.0 Å². The largest absolute Gasteiger partial charge is 0.255 e. The first kappa shape index (κ1) is 20.6. The lowest BCUT2D eigenvalue weighted by molar-refractivity contribution is 0.278. The third kappa shape index (κ3) is 5.92. The normalized spacial score (nSPS) is 23.4. The first-order valence-corrected chi connectivity index (χ1v) is 12.4. The lowest BCUT2D eigenvalue weighted by Gasteiger charge is -2.30. The molecule has 1 aliphatic rings. The maximum atomic E-state index is 12.4. The molecule has 1 fully saturated rings. The molecular formula is C20H32O3S2. The van der Waals surface area contributed by atoms with Gasteiger partial charge < -0.3 is 0 Å². The van der Waals surface area contributed by atoms with Gasteiger partial charge in [-0.1, -0.05) is 25.0 Å². The topological polar surface area (TPSA) is 51.2 Å². The van der Waals surface area contributed by atoms with Crippen molar-refractivity contribution in [1.29, 1.82) is 0 Å². The first-order chi connectivity index (χ1) is 11.6. The fourth-order valence-corrected chi connectivity index (χ4v) is 5.44. The second kappa shape index (κ2) is 8.34. The second-order valence-corrected chi connectivity index (χ2v) is 12.6. The van der Waals surface area contributed by atoms with E-state index in [2.05, 4.69) is 12.1 Å². The standard InChI is InChI=1S/C20H32O3S2/c1-20(2,3)25(22,23)15-18-9-7-16(8-10-18)5-6-17-11-13-19(14-12-17)24(4)21/h11-14,16,18H,5-10,15H2,1-4H3. The van der Waals surface area contributed by atoms with Crippen LogP contribution in [0.5, 0.6) is 0 Å². The van der Waals surface area contributed by atoms with Gasteiger partial charge in [0.25, 0.3) is 0 Å². The summed E-state index contributed by atoms with van der Waals surface area (Å²) in [5, 5.41) is 0. The van der Waals surface area contributed by atoms with E-state index in [1.165, 1.54) is 5.56 Å². The van der Waals surface area contributed by atoms with Crippen LogP contribution in [0.2, 0.25) is 0 Å². The van der Waals surface area contributed by atoms with E-state index in [4.69, 9.17) is 0 Å². The molecular weight excluding hydrogens is 352 g/mol. The Labute approximate surface area is 156 Å². The van der Waals surface area contributed by atoms with Crippen molar-refractivity contribution in [3.05, 3.63) is 29.8 Å². The molecule has 1 atom stereocenters. The Kier molecular flexibility index (Phi) is 6.88. The smallest absolute Gasteiger partial charge is 0.155 e. The number of hydrogen-bond acceptors (Lipinski definition) is 3. The third-order valence-electron chi connectivity index (χ3n) is 5.45. The minimum atomic E-state index is -3.01. The van der Waals surface area contributed by atoms with E-state index in [1.807, 2.05) is 12.1 Å². The maximum absolute atomic E-state index is 12.4. The molecule has 1 aromatic rings. The van der Waals surface area contributed by atoms with Gasteiger partial charge in [0.05, 0.1) is 10.5 Å². The monoisotopic (exact) mass is 384 g/mol. The van der Waals surface area contributed by atoms with Crippen LogP contribution in [0, 0.1) is 11.8 Å². The first-order valence-electron chi connectivity index (χ1n) is 9.23. The zero-order chi connectivity index (χ0) is 18.7. The molecule has 25 heavy (non-hydrogen) atoms. The highest BCUT2D eigenvalue weighted by Crippen LogP contribution is 2.34. The SMILES string of the molecule is CS(=O)c1ccc(CCC2CCC(CS(=O)(=O)C(C)(C)C)CC2)cc1. The summed E-state index contributed by atoms with van der Waals surface area (Å²) in [5.41, 5.74) is 1.30. The lowest BCUT2D eigenvalue weighted by Crippen LogP contribution is -2.34. The van der Waals surface area contributed by atoms with E-state index >= 15 is 0 Å². The van der Waals surface area contributed by atoms with Gasteiger partial charge in [0, 0.05) is 22.0 Å². The van der Waals surface area contributed by atoms with E-state index in [0.29, 0.717) is 17.6 Å². The highest BCUT2D eigenvalue weighted by molar-refractivity contribution is 7.92. The number of benzene rings is 1. The summed E-state index contributed by atoms with van der Waals surface area (Å²) in [4.78, 5) is 0.879. The molecule has 0 spiro atoms. The Bertz CT molecular complexity index is 677. The van der Waals surface area contributed by atoms with Crippen LogP contribution in [0.15, 0.2) is 29.2 Å². The lowest BCUT2D eigenvalue weighted by atomic mass is 9.80. The van der Waals surface area contributed by atoms with E-state index in [9.17, 15) is 12.6 Å². The predicted octanol–water partition coefficient (Wildman–Crippen LogP) is 4.38. The highest BCUT2D eigenvalue weighted by Gasteiger charge is 2.33. The highest BCUT2D eigenvalue weighted by atomic mass is 32.2. The molecule has 5 heteroatoms. The zero-order valence-corrected chi connectivity index (χ0v) is 17.6. The van der Waals surface area contributed by atoms with Gasteiger partial charge in [-0.3, -0.25) is 4.21 Å². The van der Waals surface area contributed by atoms with Gasteiger partial charge in [-0.15, -0.1) is 0 Å². The fraction of sp³-hybridized carbons (Fsp3) is 0.700. The molecule has 1 aromatic carbocycles. The Morgan fingerprint density at radius 3 is 2.00 bits per heavy atom. The number of rotatable bonds is 6. The van der Waals surface area contributed by atoms with E-state index < -0.39 is 25.4 Å². The van der Waals surface area contributed by atoms with Crippen LogP contribution in [0.1, 0.15) is 58.4 Å². The molecule has 0 bridgehead atoms. The molecule has 0 aromatic heterocycles. The van der Waals surface area contributed by atoms with Crippen molar-refractivity contribution in [1.82, 2.24) is 0 Å². The number of sulfone groups is 1. The molecule has 0 heterocycles. The predicted molar refractivity (Wildman–Crippen MR) is 106 cm³/mol. The summed E-state index contributed by atoms with van der Waals surface area (Å²) < 4.78 is 35.5. The molecule has 142 valence electrons. The van der Waals surface area contributed by atoms with Crippen LogP contribution in [0.25, 0.3) is 0 Å². The summed E-state index contributed by atoms with van der Waals surface area (Å²) in [6.45, 7) is 5.40. The van der Waals surface area contributed by atoms with E-state index in [0.717, 1.165) is 43.4 Å². The van der Waals surface area contributed by atoms with Gasteiger partial charge in [0.2, 0.25) is 0 Å². The van der Waals surface area contributed by atoms with Gasteiger partial charge in [0.1, 0.15) is 0 Å². The van der Waals surface area contributed by atoms with E-state index in [1.54, 1.807) is 27.0 Å². The molecule has 0 N–H and O–H groups in total. The molecule has 1 aliphatic carbocycles. The Balaban J connectivity index is 1.78. The Hall–Kier alpha value is -0.680. The molecule has 1 unspecified atom stereocenters. The minimum absolute atomic E-state index is 0.333. The molecule has 3 nitrogen and oxygen atoms in total. The Morgan fingerprint density at radius 2 is 1.52 bits per heavy atom. The molecule has 0 amide bonds. The van der Waals surface area contributed by atoms with Gasteiger partial charge >= 0.3 is 0 Å². The van der Waals surface area contributed by atoms with Gasteiger partial charge in [-0.25, -0.2) is 8.42 Å². The molecule has 1 saturated carbocycles. The van der Waals surface area contributed by atoms with Crippen LogP contribution in [-0.2, 0) is 27.1 Å². The van der Waals surface area contributed by atoms with Crippen molar-refractivity contribution < 1.29 is 12.6 Å². The summed E-state index contributed by atoms with van der Waals surface area (Å²) in [5.74, 6) is 1.38. The van der Waals surface area contributed by atoms with Crippen molar-refractivity contribution in [3.63, 3.8) is 0 Å². The molecule has 2 rings (SSSR count). The van der Waals surface area contributed by atoms with Crippen LogP contribution in [0.3, 0.4) is 0 Å². The quantitative estimate of drug-likeness (QED) is 0.731. The maximum Gasteiger partial charge on any atom is 0.155 e. The number of aryl methyl sites for hydroxylation is 1. The fourth-order valence-electron chi connectivity index (χ4n) is 3.47. The van der Waals surface area contributed by atoms with Crippen molar-refractivity contribution in [2.24, 2.45) is 11.8 Å². The minimum Gasteiger partial charge on any atom is -0.255 e. The third-order valence-corrected chi connectivity index (χ3v) is 9.16. The Morgan fingerprint density at radius 1 is 1.00 bits per heavy atom. The van der Waals surface area contributed by atoms with Crippen LogP contribution in [-0.4, -0.2) is 29.4 Å². The summed E-state index contributed by atoms with van der Waals surface area (Å²) in [6.07, 6.45) is 8.26. The average molecular weight is 385 g/mol. The van der Waals surface area contributed by atoms with Gasteiger partial charge in [0.15, 0.2) is 9.84 Å². The second-order valence-electron chi connectivity index (χ2n) is 8.42. The van der Waals surface area contributed by atoms with Crippen molar-refractivity contribution in [3.8, 4) is 0 Å². The van der Waals surface area contributed by atoms with E-state index in [-0.39, 0.29) is 0 Å². The average Bonchev–Trinajstić information content (AvgIpc) is 2.53. The van der Waals surface area contributed by atoms with Crippen LogP contribution >= 0.6 is 0 Å².